The van der Waals surface area contributed by atoms with Crippen LogP contribution in [-0.2, 0) is 17.7 Å². The van der Waals surface area contributed by atoms with Crippen molar-refractivity contribution in [2.75, 3.05) is 32.9 Å². The van der Waals surface area contributed by atoms with E-state index in [2.05, 4.69) is 52.5 Å². The number of hydrogen-bond donors (Lipinski definition) is 0. The molecule has 5 nitrogen and oxygen atoms in total. The predicted octanol–water partition coefficient (Wildman–Crippen LogP) is 6.34. The molecule has 0 saturated heterocycles. The first-order chi connectivity index (χ1) is 17.2. The number of ether oxygens (including phenoxy) is 2. The second-order valence-corrected chi connectivity index (χ2v) is 10.2. The van der Waals surface area contributed by atoms with Crippen LogP contribution in [-0.4, -0.2) is 43.0 Å². The Balaban J connectivity index is 1.41. The number of nitrogens with zero attached hydrogens (tertiary/aromatic N) is 2. The summed E-state index contributed by atoms with van der Waals surface area (Å²) in [5.41, 5.74) is 6.97. The van der Waals surface area contributed by atoms with E-state index < -0.39 is 0 Å². The minimum absolute atomic E-state index is 0.556. The largest absolute Gasteiger partial charge is 0.491 e. The maximum absolute atomic E-state index is 6.21. The first-order valence-electron chi connectivity index (χ1n) is 13.2. The van der Waals surface area contributed by atoms with Gasteiger partial charge in [0, 0.05) is 31.6 Å². The molecule has 1 saturated carbocycles. The quantitative estimate of drug-likeness (QED) is 0.443. The van der Waals surface area contributed by atoms with Crippen LogP contribution in [0.5, 0.6) is 5.75 Å². The summed E-state index contributed by atoms with van der Waals surface area (Å²) in [6.07, 6.45) is 7.74. The number of fused-ring (bicyclic) bond motifs is 3. The summed E-state index contributed by atoms with van der Waals surface area (Å²) in [5.74, 6) is 2.59. The highest BCUT2D eigenvalue weighted by Crippen LogP contribution is 2.32. The van der Waals surface area contributed by atoms with E-state index in [-0.39, 0.29) is 0 Å². The third kappa shape index (κ3) is 6.14. The third-order valence-corrected chi connectivity index (χ3v) is 7.45. The van der Waals surface area contributed by atoms with Crippen LogP contribution < -0.4 is 4.74 Å². The Bertz CT molecular complexity index is 1100. The van der Waals surface area contributed by atoms with Crippen LogP contribution in [0, 0.1) is 19.8 Å². The van der Waals surface area contributed by atoms with Gasteiger partial charge in [0.25, 0.3) is 0 Å². The van der Waals surface area contributed by atoms with Crippen LogP contribution in [0.15, 0.2) is 47.0 Å². The van der Waals surface area contributed by atoms with Gasteiger partial charge in [0.2, 0.25) is 0 Å². The number of aryl methyl sites for hydroxylation is 2. The van der Waals surface area contributed by atoms with E-state index in [1.54, 1.807) is 0 Å². The molecule has 1 fully saturated rings. The SMILES string of the molecule is Cc1noc(C)c1-c1ccc2c(c1)Cc1cccc(c1)CN(CC1CCCCC1)CCOCCO2. The van der Waals surface area contributed by atoms with Gasteiger partial charge in [-0.05, 0) is 67.0 Å². The predicted molar refractivity (Wildman–Crippen MR) is 139 cm³/mol. The van der Waals surface area contributed by atoms with Gasteiger partial charge in [0.15, 0.2) is 0 Å². The Kier molecular flexibility index (Phi) is 7.85. The van der Waals surface area contributed by atoms with Crippen LogP contribution in [0.4, 0.5) is 0 Å². The van der Waals surface area contributed by atoms with Crippen molar-refractivity contribution in [3.63, 3.8) is 0 Å². The normalized spacial score (nSPS) is 18.5. The van der Waals surface area contributed by atoms with Crippen LogP contribution in [0.1, 0.15) is 60.2 Å². The Hall–Kier alpha value is -2.63. The van der Waals surface area contributed by atoms with Crippen molar-refractivity contribution >= 4 is 0 Å². The average molecular weight is 475 g/mol. The van der Waals surface area contributed by atoms with Crippen LogP contribution >= 0.6 is 0 Å². The summed E-state index contributed by atoms with van der Waals surface area (Å²) in [7, 11) is 0. The standard InChI is InChI=1S/C30H38N2O3/c1-22-30(23(2)35-31-22)27-11-12-29-28(19-27)18-25-9-6-10-26(17-25)21-32(13-14-33-15-16-34-29)20-24-7-4-3-5-8-24/h6,9-12,17,19,24H,3-5,7-8,13-16,18,20-21H2,1-2H3. The molecule has 2 aromatic carbocycles. The second kappa shape index (κ2) is 11.4. The third-order valence-electron chi connectivity index (χ3n) is 7.45. The zero-order valence-corrected chi connectivity index (χ0v) is 21.2. The van der Waals surface area contributed by atoms with Gasteiger partial charge < -0.3 is 14.0 Å². The molecule has 186 valence electrons. The number of aromatic nitrogens is 1. The minimum Gasteiger partial charge on any atom is -0.491 e. The monoisotopic (exact) mass is 474 g/mol. The van der Waals surface area contributed by atoms with Gasteiger partial charge in [-0.3, -0.25) is 4.90 Å². The molecule has 2 aliphatic rings. The lowest BCUT2D eigenvalue weighted by Gasteiger charge is -2.30. The van der Waals surface area contributed by atoms with Crippen molar-refractivity contribution in [2.45, 2.75) is 58.9 Å². The minimum atomic E-state index is 0.556. The molecule has 0 spiro atoms. The smallest absolute Gasteiger partial charge is 0.141 e. The lowest BCUT2D eigenvalue weighted by molar-refractivity contribution is 0.0711. The van der Waals surface area contributed by atoms with Crippen molar-refractivity contribution < 1.29 is 14.0 Å². The first-order valence-corrected chi connectivity index (χ1v) is 13.2. The number of benzene rings is 2. The molecule has 0 amide bonds. The van der Waals surface area contributed by atoms with E-state index >= 15 is 0 Å². The second-order valence-electron chi connectivity index (χ2n) is 10.2. The Morgan fingerprint density at radius 1 is 0.943 bits per heavy atom. The van der Waals surface area contributed by atoms with E-state index in [9.17, 15) is 0 Å². The van der Waals surface area contributed by atoms with Crippen molar-refractivity contribution in [1.29, 1.82) is 0 Å². The number of hydrogen-bond acceptors (Lipinski definition) is 5. The summed E-state index contributed by atoms with van der Waals surface area (Å²) in [6.45, 7) is 9.00. The van der Waals surface area contributed by atoms with Crippen molar-refractivity contribution in [3.8, 4) is 16.9 Å². The molecule has 35 heavy (non-hydrogen) atoms. The molecule has 0 radical (unpaired) electrons. The highest BCUT2D eigenvalue weighted by molar-refractivity contribution is 5.69. The van der Waals surface area contributed by atoms with Crippen LogP contribution in [0.2, 0.25) is 0 Å². The van der Waals surface area contributed by atoms with Gasteiger partial charge in [-0.1, -0.05) is 54.8 Å². The van der Waals surface area contributed by atoms with Crippen molar-refractivity contribution in [1.82, 2.24) is 10.1 Å². The highest BCUT2D eigenvalue weighted by atomic mass is 16.5. The first kappa shape index (κ1) is 24.1. The van der Waals surface area contributed by atoms with Gasteiger partial charge in [0.05, 0.1) is 18.9 Å². The Labute approximate surface area is 209 Å². The van der Waals surface area contributed by atoms with E-state index in [1.165, 1.54) is 55.3 Å². The molecule has 0 atom stereocenters. The molecule has 1 aromatic heterocycles. The molecule has 5 rings (SSSR count). The van der Waals surface area contributed by atoms with E-state index in [0.29, 0.717) is 13.2 Å². The van der Waals surface area contributed by atoms with Crippen LogP contribution in [0.3, 0.4) is 0 Å². The van der Waals surface area contributed by atoms with Crippen molar-refractivity contribution in [2.24, 2.45) is 5.92 Å². The molecular weight excluding hydrogens is 436 g/mol. The average Bonchev–Trinajstić information content (AvgIpc) is 3.20. The zero-order valence-electron chi connectivity index (χ0n) is 21.2. The fourth-order valence-electron chi connectivity index (χ4n) is 5.70. The van der Waals surface area contributed by atoms with Gasteiger partial charge in [-0.15, -0.1) is 0 Å². The van der Waals surface area contributed by atoms with E-state index in [1.807, 2.05) is 13.8 Å². The lowest BCUT2D eigenvalue weighted by Crippen LogP contribution is -2.33. The summed E-state index contributed by atoms with van der Waals surface area (Å²) >= 11 is 0. The fraction of sp³-hybridized carbons (Fsp3) is 0.500. The number of rotatable bonds is 3. The summed E-state index contributed by atoms with van der Waals surface area (Å²) < 4.78 is 17.6. The summed E-state index contributed by atoms with van der Waals surface area (Å²) in [5, 5.41) is 4.15. The molecule has 2 heterocycles. The topological polar surface area (TPSA) is 47.7 Å². The molecule has 5 heteroatoms. The summed E-state index contributed by atoms with van der Waals surface area (Å²) in [4.78, 5) is 2.60. The van der Waals surface area contributed by atoms with Gasteiger partial charge in [0.1, 0.15) is 18.1 Å². The van der Waals surface area contributed by atoms with Crippen molar-refractivity contribution in [3.05, 3.63) is 70.6 Å². The molecule has 2 bridgehead atoms. The Morgan fingerprint density at radius 2 is 1.80 bits per heavy atom. The van der Waals surface area contributed by atoms with Gasteiger partial charge in [-0.25, -0.2) is 0 Å². The Morgan fingerprint density at radius 3 is 2.63 bits per heavy atom. The maximum atomic E-state index is 6.21. The lowest BCUT2D eigenvalue weighted by atomic mass is 9.89. The van der Waals surface area contributed by atoms with Crippen LogP contribution in [0.25, 0.3) is 11.1 Å². The molecule has 0 N–H and O–H groups in total. The molecule has 0 unspecified atom stereocenters. The fourth-order valence-corrected chi connectivity index (χ4v) is 5.70. The zero-order chi connectivity index (χ0) is 24.0. The van der Waals surface area contributed by atoms with Gasteiger partial charge in [-0.2, -0.15) is 0 Å². The molecule has 1 aliphatic carbocycles. The maximum Gasteiger partial charge on any atom is 0.141 e. The molecule has 3 aromatic rings. The summed E-state index contributed by atoms with van der Waals surface area (Å²) in [6, 6.07) is 15.5. The van der Waals surface area contributed by atoms with Gasteiger partial charge >= 0.3 is 0 Å². The molecule has 1 aliphatic heterocycles. The highest BCUT2D eigenvalue weighted by Gasteiger charge is 2.19. The van der Waals surface area contributed by atoms with E-state index in [4.69, 9.17) is 14.0 Å². The van der Waals surface area contributed by atoms with E-state index in [0.717, 1.165) is 60.4 Å². The molecular formula is C30H38N2O3.